The molecule has 0 atom stereocenters. The summed E-state index contributed by atoms with van der Waals surface area (Å²) in [5, 5.41) is 1.08. The molecule has 1 saturated heterocycles. The lowest BCUT2D eigenvalue weighted by molar-refractivity contribution is 0.0364. The van der Waals surface area contributed by atoms with Crippen molar-refractivity contribution in [2.24, 2.45) is 0 Å². The number of ether oxygens (including phenoxy) is 1. The van der Waals surface area contributed by atoms with Crippen molar-refractivity contribution in [2.75, 3.05) is 32.8 Å². The highest BCUT2D eigenvalue weighted by Crippen LogP contribution is 2.21. The predicted octanol–water partition coefficient (Wildman–Crippen LogP) is 1.85. The number of aromatic nitrogens is 2. The second kappa shape index (κ2) is 6.58. The summed E-state index contributed by atoms with van der Waals surface area (Å²) in [5.41, 5.74) is 1.73. The van der Waals surface area contributed by atoms with Crippen molar-refractivity contribution in [3.05, 3.63) is 40.4 Å². The summed E-state index contributed by atoms with van der Waals surface area (Å²) in [5.74, 6) is 0.242. The molecule has 0 aliphatic carbocycles. The molecule has 1 aliphatic rings. The molecule has 5 nitrogen and oxygen atoms in total. The summed E-state index contributed by atoms with van der Waals surface area (Å²) in [6, 6.07) is 8.07. The summed E-state index contributed by atoms with van der Waals surface area (Å²) >= 11 is 0. The molecule has 1 aromatic heterocycles. The highest BCUT2D eigenvalue weighted by Gasteiger charge is 2.14. The Hall–Kier alpha value is -1.72. The van der Waals surface area contributed by atoms with E-state index in [0.29, 0.717) is 6.54 Å². The van der Waals surface area contributed by atoms with E-state index in [1.165, 1.54) is 0 Å². The van der Waals surface area contributed by atoms with Crippen LogP contribution in [0.2, 0.25) is 0 Å². The number of hydrogen-bond donors (Lipinski definition) is 0. The molecule has 1 aliphatic heterocycles. The Balaban J connectivity index is 1.93. The smallest absolute Gasteiger partial charge is 0.348 e. The van der Waals surface area contributed by atoms with Crippen molar-refractivity contribution in [1.29, 1.82) is 0 Å². The van der Waals surface area contributed by atoms with E-state index in [1.54, 1.807) is 4.57 Å². The van der Waals surface area contributed by atoms with Crippen LogP contribution in [0, 0.1) is 0 Å². The zero-order chi connectivity index (χ0) is 15.5. The van der Waals surface area contributed by atoms with Crippen LogP contribution < -0.4 is 5.69 Å². The van der Waals surface area contributed by atoms with Crippen molar-refractivity contribution in [2.45, 2.75) is 26.3 Å². The van der Waals surface area contributed by atoms with Crippen LogP contribution in [0.1, 0.15) is 25.5 Å². The van der Waals surface area contributed by atoms with E-state index in [1.807, 2.05) is 18.2 Å². The molecule has 1 fully saturated rings. The van der Waals surface area contributed by atoms with E-state index in [0.717, 1.165) is 49.4 Å². The summed E-state index contributed by atoms with van der Waals surface area (Å²) in [7, 11) is 0. The third-order valence-corrected chi connectivity index (χ3v) is 4.21. The molecule has 0 amide bonds. The van der Waals surface area contributed by atoms with Crippen molar-refractivity contribution >= 4 is 10.9 Å². The van der Waals surface area contributed by atoms with Gasteiger partial charge in [-0.15, -0.1) is 0 Å². The van der Waals surface area contributed by atoms with E-state index in [-0.39, 0.29) is 11.6 Å². The van der Waals surface area contributed by atoms with Crippen molar-refractivity contribution < 1.29 is 4.74 Å². The third-order valence-electron chi connectivity index (χ3n) is 4.21. The standard InChI is InChI=1S/C17H23N3O2/c1-13(2)16-14-5-3-4-6-15(14)20(17(21)18-16)8-7-19-9-11-22-12-10-19/h3-6,13H,7-12H2,1-2H3. The third kappa shape index (κ3) is 3.05. The van der Waals surface area contributed by atoms with Gasteiger partial charge in [-0.2, -0.15) is 4.98 Å². The summed E-state index contributed by atoms with van der Waals surface area (Å²) in [6.07, 6.45) is 0. The van der Waals surface area contributed by atoms with Crippen LogP contribution in [-0.4, -0.2) is 47.3 Å². The van der Waals surface area contributed by atoms with E-state index >= 15 is 0 Å². The second-order valence-corrected chi connectivity index (χ2v) is 6.06. The molecule has 0 unspecified atom stereocenters. The topological polar surface area (TPSA) is 47.4 Å². The molecule has 5 heteroatoms. The van der Waals surface area contributed by atoms with E-state index in [9.17, 15) is 4.79 Å². The molecule has 2 heterocycles. The monoisotopic (exact) mass is 301 g/mol. The first-order valence-electron chi connectivity index (χ1n) is 7.96. The van der Waals surface area contributed by atoms with E-state index in [2.05, 4.69) is 29.8 Å². The van der Waals surface area contributed by atoms with Crippen LogP contribution in [0.25, 0.3) is 10.9 Å². The van der Waals surface area contributed by atoms with Crippen molar-refractivity contribution in [3.63, 3.8) is 0 Å². The van der Waals surface area contributed by atoms with Crippen LogP contribution in [0.5, 0.6) is 0 Å². The first-order chi connectivity index (χ1) is 10.7. The number of rotatable bonds is 4. The van der Waals surface area contributed by atoms with Crippen LogP contribution in [0.4, 0.5) is 0 Å². The molecule has 0 saturated carbocycles. The Labute approximate surface area is 130 Å². The molecule has 2 aromatic rings. The van der Waals surface area contributed by atoms with Crippen LogP contribution >= 0.6 is 0 Å². The van der Waals surface area contributed by atoms with Crippen molar-refractivity contribution in [1.82, 2.24) is 14.5 Å². The second-order valence-electron chi connectivity index (χ2n) is 6.06. The fraction of sp³-hybridized carbons (Fsp3) is 0.529. The van der Waals surface area contributed by atoms with Crippen LogP contribution in [0.3, 0.4) is 0 Å². The molecular formula is C17H23N3O2. The van der Waals surface area contributed by atoms with E-state index < -0.39 is 0 Å². The fourth-order valence-corrected chi connectivity index (χ4v) is 2.97. The molecule has 0 spiro atoms. The summed E-state index contributed by atoms with van der Waals surface area (Å²) in [4.78, 5) is 19.1. The Bertz CT molecular complexity index is 703. The number of para-hydroxylation sites is 1. The molecule has 0 radical (unpaired) electrons. The zero-order valence-electron chi connectivity index (χ0n) is 13.3. The molecule has 1 aromatic carbocycles. The lowest BCUT2D eigenvalue weighted by Crippen LogP contribution is -2.39. The highest BCUT2D eigenvalue weighted by atomic mass is 16.5. The van der Waals surface area contributed by atoms with Gasteiger partial charge in [-0.1, -0.05) is 32.0 Å². The van der Waals surface area contributed by atoms with Gasteiger partial charge < -0.3 is 4.74 Å². The maximum Gasteiger partial charge on any atom is 0.348 e. The SMILES string of the molecule is CC(C)c1nc(=O)n(CCN2CCOCC2)c2ccccc12. The normalized spacial score (nSPS) is 16.5. The minimum atomic E-state index is -0.143. The molecule has 118 valence electrons. The summed E-state index contributed by atoms with van der Waals surface area (Å²) < 4.78 is 7.17. The van der Waals surface area contributed by atoms with Gasteiger partial charge >= 0.3 is 5.69 Å². The maximum absolute atomic E-state index is 12.4. The number of hydrogen-bond acceptors (Lipinski definition) is 4. The average molecular weight is 301 g/mol. The average Bonchev–Trinajstić information content (AvgIpc) is 2.54. The minimum Gasteiger partial charge on any atom is -0.379 e. The molecular weight excluding hydrogens is 278 g/mol. The van der Waals surface area contributed by atoms with Gasteiger partial charge in [0.15, 0.2) is 0 Å². The van der Waals surface area contributed by atoms with Gasteiger partial charge in [0.05, 0.1) is 24.4 Å². The molecule has 3 rings (SSSR count). The number of benzene rings is 1. The van der Waals surface area contributed by atoms with Gasteiger partial charge in [-0.05, 0) is 12.0 Å². The van der Waals surface area contributed by atoms with Gasteiger partial charge in [0, 0.05) is 31.6 Å². The summed E-state index contributed by atoms with van der Waals surface area (Å²) in [6.45, 7) is 9.11. The maximum atomic E-state index is 12.4. The Morgan fingerprint density at radius 1 is 1.18 bits per heavy atom. The van der Waals surface area contributed by atoms with Gasteiger partial charge in [0.1, 0.15) is 0 Å². The lowest BCUT2D eigenvalue weighted by atomic mass is 10.0. The quantitative estimate of drug-likeness (QED) is 0.865. The fourth-order valence-electron chi connectivity index (χ4n) is 2.97. The number of fused-ring (bicyclic) bond motifs is 1. The molecule has 0 N–H and O–H groups in total. The Morgan fingerprint density at radius 3 is 2.64 bits per heavy atom. The molecule has 22 heavy (non-hydrogen) atoms. The van der Waals surface area contributed by atoms with Gasteiger partial charge in [0.25, 0.3) is 0 Å². The zero-order valence-corrected chi connectivity index (χ0v) is 13.3. The van der Waals surface area contributed by atoms with Gasteiger partial charge in [-0.3, -0.25) is 9.47 Å². The number of nitrogens with zero attached hydrogens (tertiary/aromatic N) is 3. The first kappa shape index (κ1) is 15.2. The highest BCUT2D eigenvalue weighted by molar-refractivity contribution is 5.81. The van der Waals surface area contributed by atoms with Crippen LogP contribution in [0.15, 0.2) is 29.1 Å². The Morgan fingerprint density at radius 2 is 1.91 bits per heavy atom. The van der Waals surface area contributed by atoms with Gasteiger partial charge in [-0.25, -0.2) is 4.79 Å². The largest absolute Gasteiger partial charge is 0.379 e. The predicted molar refractivity (Wildman–Crippen MR) is 87.4 cm³/mol. The number of morpholine rings is 1. The van der Waals surface area contributed by atoms with Crippen molar-refractivity contribution in [3.8, 4) is 0 Å². The lowest BCUT2D eigenvalue weighted by Gasteiger charge is -2.27. The Kier molecular flexibility index (Phi) is 4.55. The minimum absolute atomic E-state index is 0.143. The molecule has 0 bridgehead atoms. The first-order valence-corrected chi connectivity index (χ1v) is 7.96. The van der Waals surface area contributed by atoms with E-state index in [4.69, 9.17) is 4.74 Å². The van der Waals surface area contributed by atoms with Crippen LogP contribution in [-0.2, 0) is 11.3 Å². The van der Waals surface area contributed by atoms with Gasteiger partial charge in [0.2, 0.25) is 0 Å².